The number of carbonyl (C=O) groups excluding carboxylic acids is 2. The molecule has 1 aromatic carbocycles. The highest BCUT2D eigenvalue weighted by molar-refractivity contribution is 7.90. The maximum atomic E-state index is 12.1. The molecule has 1 fully saturated rings. The second-order valence-corrected chi connectivity index (χ2v) is 6.95. The quantitative estimate of drug-likeness (QED) is 0.606. The van der Waals surface area contributed by atoms with Gasteiger partial charge in [0.15, 0.2) is 0 Å². The lowest BCUT2D eigenvalue weighted by molar-refractivity contribution is -0.118. The number of sulfone groups is 1. The highest BCUT2D eigenvalue weighted by atomic mass is 32.2. The van der Waals surface area contributed by atoms with Crippen molar-refractivity contribution in [3.05, 3.63) is 24.3 Å². The van der Waals surface area contributed by atoms with E-state index in [1.165, 1.54) is 0 Å². The number of nitrogens with zero attached hydrogens (tertiary/aromatic N) is 1. The molecule has 2 rings (SSSR count). The molecular weight excluding hydrogens is 282 g/mol. The predicted octanol–water partition coefficient (Wildman–Crippen LogP) is 0.128. The van der Waals surface area contributed by atoms with Crippen LogP contribution in [-0.4, -0.2) is 38.4 Å². The zero-order valence-electron chi connectivity index (χ0n) is 10.9. The molecule has 7 nitrogen and oxygen atoms in total. The molecule has 0 bridgehead atoms. The Morgan fingerprint density at radius 3 is 2.40 bits per heavy atom. The molecule has 1 unspecified atom stereocenters. The van der Waals surface area contributed by atoms with Crippen molar-refractivity contribution in [1.29, 1.82) is 0 Å². The van der Waals surface area contributed by atoms with Crippen molar-refractivity contribution in [3.63, 3.8) is 0 Å². The topological polar surface area (TPSA) is 110 Å². The summed E-state index contributed by atoms with van der Waals surface area (Å²) in [6.45, 7) is 0. The van der Waals surface area contributed by atoms with Gasteiger partial charge in [-0.15, -0.1) is 0 Å². The van der Waals surface area contributed by atoms with E-state index in [1.54, 1.807) is 24.3 Å². The molecule has 1 saturated heterocycles. The first-order valence-corrected chi connectivity index (χ1v) is 8.02. The van der Waals surface area contributed by atoms with Crippen molar-refractivity contribution in [2.24, 2.45) is 0 Å². The fourth-order valence-corrected chi connectivity index (χ4v) is 2.59. The van der Waals surface area contributed by atoms with Crippen LogP contribution in [-0.2, 0) is 14.6 Å². The Bertz CT molecular complexity index is 639. The van der Waals surface area contributed by atoms with Crippen LogP contribution in [0, 0.1) is 0 Å². The summed E-state index contributed by atoms with van der Waals surface area (Å²) < 4.78 is 22.2. The molecule has 0 spiro atoms. The van der Waals surface area contributed by atoms with Crippen molar-refractivity contribution < 1.29 is 18.0 Å². The average molecular weight is 297 g/mol. The van der Waals surface area contributed by atoms with Crippen molar-refractivity contribution in [2.45, 2.75) is 12.5 Å². The monoisotopic (exact) mass is 297 g/mol. The van der Waals surface area contributed by atoms with Crippen LogP contribution in [0.15, 0.2) is 24.3 Å². The average Bonchev–Trinajstić information content (AvgIpc) is 2.63. The summed E-state index contributed by atoms with van der Waals surface area (Å²) in [4.78, 5) is 24.9. The van der Waals surface area contributed by atoms with E-state index in [1.807, 2.05) is 0 Å². The van der Waals surface area contributed by atoms with Crippen LogP contribution in [0.2, 0.25) is 0 Å². The number of nitrogens with two attached hydrogens (primary N) is 1. The van der Waals surface area contributed by atoms with Gasteiger partial charge in [-0.1, -0.05) is 0 Å². The van der Waals surface area contributed by atoms with Gasteiger partial charge in [-0.3, -0.25) is 4.79 Å². The Labute approximate surface area is 116 Å². The zero-order chi connectivity index (χ0) is 14.9. The van der Waals surface area contributed by atoms with Crippen LogP contribution in [0.1, 0.15) is 6.42 Å². The fraction of sp³-hybridized carbons (Fsp3) is 0.333. The third-order valence-corrected chi connectivity index (χ3v) is 3.93. The number of hydrogen-bond acceptors (Lipinski definition) is 5. The molecule has 1 aliphatic heterocycles. The smallest absolute Gasteiger partial charge is 0.329 e. The van der Waals surface area contributed by atoms with Crippen molar-refractivity contribution in [3.8, 4) is 0 Å². The molecule has 1 heterocycles. The number of benzene rings is 1. The molecule has 0 saturated carbocycles. The molecule has 3 N–H and O–H groups in total. The first-order valence-electron chi connectivity index (χ1n) is 5.95. The van der Waals surface area contributed by atoms with E-state index in [2.05, 4.69) is 5.32 Å². The number of amides is 3. The van der Waals surface area contributed by atoms with Crippen molar-refractivity contribution in [2.75, 3.05) is 22.6 Å². The molecule has 0 aliphatic carbocycles. The van der Waals surface area contributed by atoms with Gasteiger partial charge in [0.25, 0.3) is 5.91 Å². The van der Waals surface area contributed by atoms with Gasteiger partial charge < -0.3 is 11.1 Å². The summed E-state index contributed by atoms with van der Waals surface area (Å²) in [5, 5.41) is 2.48. The van der Waals surface area contributed by atoms with Crippen LogP contribution < -0.4 is 16.0 Å². The van der Waals surface area contributed by atoms with E-state index < -0.39 is 27.8 Å². The van der Waals surface area contributed by atoms with Crippen LogP contribution >= 0.6 is 0 Å². The summed E-state index contributed by atoms with van der Waals surface area (Å²) in [6, 6.07) is 4.92. The van der Waals surface area contributed by atoms with Gasteiger partial charge in [0.05, 0.1) is 11.4 Å². The fourth-order valence-electron chi connectivity index (χ4n) is 1.93. The maximum absolute atomic E-state index is 12.1. The van der Waals surface area contributed by atoms with Gasteiger partial charge in [0.1, 0.15) is 15.9 Å². The zero-order valence-corrected chi connectivity index (χ0v) is 11.7. The van der Waals surface area contributed by atoms with E-state index in [0.29, 0.717) is 11.4 Å². The molecule has 8 heteroatoms. The minimum Gasteiger partial charge on any atom is -0.399 e. The van der Waals surface area contributed by atoms with Gasteiger partial charge in [0.2, 0.25) is 0 Å². The van der Waals surface area contributed by atoms with Crippen LogP contribution in [0.4, 0.5) is 16.2 Å². The molecule has 1 aromatic rings. The number of urea groups is 1. The van der Waals surface area contributed by atoms with Gasteiger partial charge >= 0.3 is 6.03 Å². The number of carbonyl (C=O) groups is 2. The lowest BCUT2D eigenvalue weighted by Crippen LogP contribution is -2.32. The van der Waals surface area contributed by atoms with Crippen LogP contribution in [0.3, 0.4) is 0 Å². The molecule has 20 heavy (non-hydrogen) atoms. The van der Waals surface area contributed by atoms with E-state index in [4.69, 9.17) is 5.73 Å². The summed E-state index contributed by atoms with van der Waals surface area (Å²) in [6.07, 6.45) is 1.15. The molecule has 0 aromatic heterocycles. The van der Waals surface area contributed by atoms with Gasteiger partial charge in [0, 0.05) is 11.9 Å². The number of imide groups is 1. The van der Waals surface area contributed by atoms with Gasteiger partial charge in [-0.25, -0.2) is 18.1 Å². The predicted molar refractivity (Wildman–Crippen MR) is 75.0 cm³/mol. The van der Waals surface area contributed by atoms with Crippen LogP contribution in [0.25, 0.3) is 0 Å². The van der Waals surface area contributed by atoms with Gasteiger partial charge in [-0.2, -0.15) is 0 Å². The van der Waals surface area contributed by atoms with E-state index in [0.717, 1.165) is 11.2 Å². The Morgan fingerprint density at radius 1 is 1.25 bits per heavy atom. The standard InChI is InChI=1S/C12H15N3O4S/c1-20(18,19)7-6-10-11(16)15(12(17)14-10)9-4-2-8(13)3-5-9/h2-5,10H,6-7,13H2,1H3,(H,14,17). The minimum atomic E-state index is -3.18. The molecule has 108 valence electrons. The number of hydrogen-bond donors (Lipinski definition) is 2. The second-order valence-electron chi connectivity index (χ2n) is 4.69. The first kappa shape index (κ1) is 14.3. The maximum Gasteiger partial charge on any atom is 0.329 e. The second kappa shape index (κ2) is 5.12. The summed E-state index contributed by atoms with van der Waals surface area (Å²) in [7, 11) is -3.18. The molecule has 3 amide bonds. The normalized spacial score (nSPS) is 19.2. The highest BCUT2D eigenvalue weighted by Gasteiger charge is 2.39. The van der Waals surface area contributed by atoms with E-state index in [9.17, 15) is 18.0 Å². The van der Waals surface area contributed by atoms with Gasteiger partial charge in [-0.05, 0) is 30.7 Å². The van der Waals surface area contributed by atoms with E-state index >= 15 is 0 Å². The lowest BCUT2D eigenvalue weighted by Gasteiger charge is -2.13. The van der Waals surface area contributed by atoms with Crippen LogP contribution in [0.5, 0.6) is 0 Å². The molecule has 1 atom stereocenters. The molecular formula is C12H15N3O4S. The minimum absolute atomic E-state index is 0.0644. The van der Waals surface area contributed by atoms with Crippen molar-refractivity contribution in [1.82, 2.24) is 5.32 Å². The Morgan fingerprint density at radius 2 is 1.85 bits per heavy atom. The number of rotatable bonds is 4. The summed E-state index contributed by atoms with van der Waals surface area (Å²) >= 11 is 0. The largest absolute Gasteiger partial charge is 0.399 e. The Balaban J connectivity index is 2.15. The van der Waals surface area contributed by atoms with E-state index in [-0.39, 0.29) is 12.2 Å². The number of anilines is 2. The lowest BCUT2D eigenvalue weighted by atomic mass is 10.2. The highest BCUT2D eigenvalue weighted by Crippen LogP contribution is 2.21. The van der Waals surface area contributed by atoms with Crippen molar-refractivity contribution >= 4 is 33.2 Å². The summed E-state index contributed by atoms with van der Waals surface area (Å²) in [5.41, 5.74) is 6.48. The third kappa shape index (κ3) is 3.08. The first-order chi connectivity index (χ1) is 9.28. The Hall–Kier alpha value is -2.09. The third-order valence-electron chi connectivity index (χ3n) is 2.95. The molecule has 0 radical (unpaired) electrons. The SMILES string of the molecule is CS(=O)(=O)CCC1NC(=O)N(c2ccc(N)cc2)C1=O. The molecule has 1 aliphatic rings. The Kier molecular flexibility index (Phi) is 3.67. The summed E-state index contributed by atoms with van der Waals surface area (Å²) in [5.74, 6) is -0.609. The number of nitrogens with one attached hydrogen (secondary N) is 1. The number of nitrogen functional groups attached to an aromatic ring is 1.